The molecule has 1 amide bonds. The van der Waals surface area contributed by atoms with Crippen LogP contribution in [0.1, 0.15) is 23.7 Å². The summed E-state index contributed by atoms with van der Waals surface area (Å²) in [5.74, 6) is -0.420. The highest BCUT2D eigenvalue weighted by molar-refractivity contribution is 7.90. The van der Waals surface area contributed by atoms with Crippen molar-refractivity contribution in [2.24, 2.45) is 0 Å². The summed E-state index contributed by atoms with van der Waals surface area (Å²) in [7, 11) is -3.63. The lowest BCUT2D eigenvalue weighted by Gasteiger charge is -2.07. The Morgan fingerprint density at radius 2 is 1.79 bits per heavy atom. The van der Waals surface area contributed by atoms with E-state index in [9.17, 15) is 13.2 Å². The largest absolute Gasteiger partial charge is 0.339 e. The molecule has 0 spiro atoms. The lowest BCUT2D eigenvalue weighted by Crippen LogP contribution is -2.13. The van der Waals surface area contributed by atoms with Crippen LogP contribution in [0.2, 0.25) is 10.0 Å². The van der Waals surface area contributed by atoms with Crippen molar-refractivity contribution in [3.8, 4) is 0 Å². The van der Waals surface area contributed by atoms with E-state index in [0.717, 1.165) is 5.56 Å². The van der Waals surface area contributed by atoms with Crippen LogP contribution in [0.5, 0.6) is 0 Å². The third-order valence-electron chi connectivity index (χ3n) is 4.03. The van der Waals surface area contributed by atoms with E-state index in [1.165, 1.54) is 24.3 Å². The smallest absolute Gasteiger partial charge is 0.227 e. The molecule has 0 aliphatic heterocycles. The van der Waals surface area contributed by atoms with E-state index < -0.39 is 15.6 Å². The van der Waals surface area contributed by atoms with Gasteiger partial charge in [-0.25, -0.2) is 8.42 Å². The third-order valence-corrected chi connectivity index (χ3v) is 6.15. The van der Waals surface area contributed by atoms with Crippen molar-refractivity contribution in [1.29, 1.82) is 0 Å². The highest BCUT2D eigenvalue weighted by Crippen LogP contribution is 2.20. The fraction of sp³-hybridized carbons (Fsp3) is 0.211. The van der Waals surface area contributed by atoms with Crippen molar-refractivity contribution < 1.29 is 17.7 Å². The summed E-state index contributed by atoms with van der Waals surface area (Å²) >= 11 is 11.7. The van der Waals surface area contributed by atoms with Gasteiger partial charge in [-0.15, -0.1) is 0 Å². The van der Waals surface area contributed by atoms with Crippen molar-refractivity contribution in [3.05, 3.63) is 69.8 Å². The molecule has 0 bridgehead atoms. The lowest BCUT2D eigenvalue weighted by molar-refractivity contribution is -0.116. The minimum Gasteiger partial charge on any atom is -0.339 e. The Morgan fingerprint density at radius 3 is 2.48 bits per heavy atom. The van der Waals surface area contributed by atoms with Gasteiger partial charge in [-0.3, -0.25) is 4.79 Å². The van der Waals surface area contributed by atoms with Gasteiger partial charge in [-0.2, -0.15) is 4.98 Å². The van der Waals surface area contributed by atoms with Crippen LogP contribution < -0.4 is 5.32 Å². The molecule has 1 N–H and O–H groups in total. The van der Waals surface area contributed by atoms with E-state index in [4.69, 9.17) is 27.7 Å². The average Bonchev–Trinajstić information content (AvgIpc) is 3.09. The molecule has 0 aliphatic rings. The number of nitrogens with one attached hydrogen (secondary N) is 1. The van der Waals surface area contributed by atoms with Gasteiger partial charge in [0.25, 0.3) is 0 Å². The molecule has 1 heterocycles. The van der Waals surface area contributed by atoms with E-state index in [2.05, 4.69) is 15.5 Å². The number of amides is 1. The van der Waals surface area contributed by atoms with Crippen LogP contribution in [-0.2, 0) is 26.8 Å². The molecule has 7 nitrogen and oxygen atoms in total. The zero-order chi connectivity index (χ0) is 21.0. The minimum absolute atomic E-state index is 0.0314. The van der Waals surface area contributed by atoms with Crippen molar-refractivity contribution >= 4 is 44.6 Å². The van der Waals surface area contributed by atoms with Crippen LogP contribution >= 0.6 is 23.2 Å². The molecule has 0 atom stereocenters. The molecule has 10 heteroatoms. The van der Waals surface area contributed by atoms with Crippen LogP contribution in [0.3, 0.4) is 0 Å². The summed E-state index contributed by atoms with van der Waals surface area (Å²) in [6.45, 7) is 1.84. The van der Waals surface area contributed by atoms with Crippen LogP contribution in [0.25, 0.3) is 0 Å². The van der Waals surface area contributed by atoms with Crippen molar-refractivity contribution in [3.63, 3.8) is 0 Å². The number of aryl methyl sites for hydroxylation is 2. The molecule has 29 heavy (non-hydrogen) atoms. The Labute approximate surface area is 177 Å². The minimum atomic E-state index is -3.63. The Morgan fingerprint density at radius 1 is 1.10 bits per heavy atom. The first-order valence-electron chi connectivity index (χ1n) is 8.59. The predicted molar refractivity (Wildman–Crippen MR) is 110 cm³/mol. The van der Waals surface area contributed by atoms with E-state index >= 15 is 0 Å². The quantitative estimate of drug-likeness (QED) is 0.573. The van der Waals surface area contributed by atoms with Gasteiger partial charge in [0, 0.05) is 28.6 Å². The molecule has 1 aromatic heterocycles. The third kappa shape index (κ3) is 5.79. The van der Waals surface area contributed by atoms with Crippen LogP contribution in [-0.4, -0.2) is 24.5 Å². The first-order valence-corrected chi connectivity index (χ1v) is 11.0. The average molecular weight is 454 g/mol. The summed E-state index contributed by atoms with van der Waals surface area (Å²) < 4.78 is 29.9. The van der Waals surface area contributed by atoms with Gasteiger partial charge in [0.05, 0.1) is 4.90 Å². The lowest BCUT2D eigenvalue weighted by atomic mass is 10.2. The van der Waals surface area contributed by atoms with Gasteiger partial charge in [0.1, 0.15) is 5.75 Å². The molecular weight excluding hydrogens is 437 g/mol. The number of carbonyl (C=O) groups is 1. The Balaban J connectivity index is 1.57. The SMILES string of the molecule is Cc1cc(Cl)ccc1NC(=O)CCc1nc(CS(=O)(=O)c2ccc(Cl)cc2)no1. The van der Waals surface area contributed by atoms with Crippen molar-refractivity contribution in [2.75, 3.05) is 5.32 Å². The van der Waals surface area contributed by atoms with Gasteiger partial charge in [-0.1, -0.05) is 28.4 Å². The number of halogens is 2. The number of carbonyl (C=O) groups excluding carboxylic acids is 1. The van der Waals surface area contributed by atoms with Crippen LogP contribution in [0.4, 0.5) is 5.69 Å². The number of hydrogen-bond acceptors (Lipinski definition) is 6. The van der Waals surface area contributed by atoms with Crippen LogP contribution in [0, 0.1) is 6.92 Å². The van der Waals surface area contributed by atoms with Gasteiger partial charge >= 0.3 is 0 Å². The topological polar surface area (TPSA) is 102 Å². The summed E-state index contributed by atoms with van der Waals surface area (Å²) in [6, 6.07) is 11.0. The number of aromatic nitrogens is 2. The van der Waals surface area contributed by atoms with Gasteiger partial charge in [0.15, 0.2) is 15.7 Å². The van der Waals surface area contributed by atoms with Gasteiger partial charge in [0.2, 0.25) is 11.8 Å². The number of sulfone groups is 1. The zero-order valence-electron chi connectivity index (χ0n) is 15.4. The molecule has 0 unspecified atom stereocenters. The molecule has 0 fully saturated rings. The molecule has 0 aliphatic carbocycles. The molecule has 3 rings (SSSR count). The number of benzene rings is 2. The summed E-state index contributed by atoms with van der Waals surface area (Å²) in [5, 5.41) is 7.51. The van der Waals surface area contributed by atoms with E-state index in [1.54, 1.807) is 18.2 Å². The number of rotatable bonds is 7. The normalized spacial score (nSPS) is 11.4. The first kappa shape index (κ1) is 21.3. The second-order valence-corrected chi connectivity index (χ2v) is 9.19. The van der Waals surface area contributed by atoms with Crippen LogP contribution in [0.15, 0.2) is 51.9 Å². The maximum Gasteiger partial charge on any atom is 0.227 e. The Hall–Kier alpha value is -2.42. The maximum absolute atomic E-state index is 12.4. The standard InChI is InChI=1S/C19H17Cl2N3O4S/c1-12-10-14(21)4-7-16(12)22-18(25)8-9-19-23-17(24-28-19)11-29(26,27)15-5-2-13(20)3-6-15/h2-7,10H,8-9,11H2,1H3,(H,22,25). The highest BCUT2D eigenvalue weighted by Gasteiger charge is 2.19. The van der Waals surface area contributed by atoms with E-state index in [-0.39, 0.29) is 35.4 Å². The molecule has 0 saturated carbocycles. The molecular formula is C19H17Cl2N3O4S. The van der Waals surface area contributed by atoms with Gasteiger partial charge in [-0.05, 0) is 55.0 Å². The van der Waals surface area contributed by atoms with Crippen molar-refractivity contribution in [1.82, 2.24) is 10.1 Å². The Kier molecular flexibility index (Phi) is 6.56. The zero-order valence-corrected chi connectivity index (χ0v) is 17.7. The molecule has 0 saturated heterocycles. The van der Waals surface area contributed by atoms with E-state index in [0.29, 0.717) is 15.7 Å². The number of hydrogen-bond donors (Lipinski definition) is 1. The number of nitrogens with zero attached hydrogens (tertiary/aromatic N) is 2. The van der Waals surface area contributed by atoms with Crippen molar-refractivity contribution in [2.45, 2.75) is 30.4 Å². The summed E-state index contributed by atoms with van der Waals surface area (Å²) in [6.07, 6.45) is 0.292. The molecule has 3 aromatic rings. The van der Waals surface area contributed by atoms with Gasteiger partial charge < -0.3 is 9.84 Å². The monoisotopic (exact) mass is 453 g/mol. The number of anilines is 1. The maximum atomic E-state index is 12.4. The highest BCUT2D eigenvalue weighted by atomic mass is 35.5. The van der Waals surface area contributed by atoms with E-state index in [1.807, 2.05) is 6.92 Å². The molecule has 2 aromatic carbocycles. The predicted octanol–water partition coefficient (Wildman–Crippen LogP) is 4.23. The Bertz CT molecular complexity index is 1130. The second kappa shape index (κ2) is 8.94. The second-order valence-electron chi connectivity index (χ2n) is 6.32. The molecule has 0 radical (unpaired) electrons. The fourth-order valence-electron chi connectivity index (χ4n) is 2.55. The fourth-order valence-corrected chi connectivity index (χ4v) is 4.07. The summed E-state index contributed by atoms with van der Waals surface area (Å²) in [5.41, 5.74) is 1.51. The molecule has 152 valence electrons. The first-order chi connectivity index (χ1) is 13.7. The summed E-state index contributed by atoms with van der Waals surface area (Å²) in [4.78, 5) is 16.3.